The first-order valence-electron chi connectivity index (χ1n) is 7.12. The van der Waals surface area contributed by atoms with Gasteiger partial charge in [0.15, 0.2) is 6.29 Å². The van der Waals surface area contributed by atoms with Gasteiger partial charge in [-0.1, -0.05) is 0 Å². The lowest BCUT2D eigenvalue weighted by Crippen LogP contribution is -2.50. The van der Waals surface area contributed by atoms with E-state index in [-0.39, 0.29) is 18.4 Å². The molecule has 6 heteroatoms. The number of methoxy groups -OCH3 is 2. The topological polar surface area (TPSA) is 60.0 Å². The van der Waals surface area contributed by atoms with Crippen LogP contribution in [0.5, 0.6) is 0 Å². The molecule has 1 unspecified atom stereocenters. The Kier molecular flexibility index (Phi) is 6.71. The highest BCUT2D eigenvalue weighted by Gasteiger charge is 2.27. The smallest absolute Gasteiger partial charge is 0.410 e. The second-order valence-electron chi connectivity index (χ2n) is 6.07. The largest absolute Gasteiger partial charge is 0.444 e. The summed E-state index contributed by atoms with van der Waals surface area (Å²) in [6.07, 6.45) is 1.52. The third-order valence-electron chi connectivity index (χ3n) is 3.17. The van der Waals surface area contributed by atoms with Crippen molar-refractivity contribution in [3.8, 4) is 0 Å². The van der Waals surface area contributed by atoms with E-state index in [0.29, 0.717) is 13.1 Å². The van der Waals surface area contributed by atoms with E-state index in [0.717, 1.165) is 19.4 Å². The lowest BCUT2D eigenvalue weighted by molar-refractivity contribution is -0.100. The molecule has 1 saturated heterocycles. The van der Waals surface area contributed by atoms with Gasteiger partial charge in [-0.3, -0.25) is 0 Å². The van der Waals surface area contributed by atoms with E-state index in [1.165, 1.54) is 0 Å². The minimum Gasteiger partial charge on any atom is -0.444 e. The fourth-order valence-corrected chi connectivity index (χ4v) is 2.16. The normalized spacial score (nSPS) is 20.3. The molecule has 0 aromatic heterocycles. The van der Waals surface area contributed by atoms with Gasteiger partial charge in [0.05, 0.1) is 0 Å². The minimum atomic E-state index is -0.450. The number of ether oxygens (including phenoxy) is 3. The average molecular weight is 288 g/mol. The quantitative estimate of drug-likeness (QED) is 0.779. The molecular formula is C14H28N2O4. The Bertz CT molecular complexity index is 300. The molecule has 20 heavy (non-hydrogen) atoms. The monoisotopic (exact) mass is 288 g/mol. The predicted octanol–water partition coefficient (Wildman–Crippen LogP) is 1.59. The van der Waals surface area contributed by atoms with Crippen LogP contribution in [0.2, 0.25) is 0 Å². The number of nitrogens with zero attached hydrogens (tertiary/aromatic N) is 1. The zero-order valence-corrected chi connectivity index (χ0v) is 13.3. The second kappa shape index (κ2) is 7.81. The van der Waals surface area contributed by atoms with Crippen molar-refractivity contribution in [2.45, 2.75) is 51.5 Å². The summed E-state index contributed by atoms with van der Waals surface area (Å²) in [5, 5.41) is 3.37. The van der Waals surface area contributed by atoms with E-state index in [9.17, 15) is 4.79 Å². The first kappa shape index (κ1) is 17.2. The maximum Gasteiger partial charge on any atom is 0.410 e. The Morgan fingerprint density at radius 2 is 2.00 bits per heavy atom. The summed E-state index contributed by atoms with van der Waals surface area (Å²) in [6, 6.07) is 0.254. The van der Waals surface area contributed by atoms with Gasteiger partial charge in [-0.2, -0.15) is 0 Å². The predicted molar refractivity (Wildman–Crippen MR) is 76.6 cm³/mol. The summed E-state index contributed by atoms with van der Waals surface area (Å²) in [7, 11) is 3.23. The number of rotatable bonds is 5. The van der Waals surface area contributed by atoms with Gasteiger partial charge in [-0.15, -0.1) is 0 Å². The van der Waals surface area contributed by atoms with Crippen LogP contribution in [0.15, 0.2) is 0 Å². The molecule has 118 valence electrons. The van der Waals surface area contributed by atoms with Gasteiger partial charge in [0.2, 0.25) is 0 Å². The van der Waals surface area contributed by atoms with E-state index >= 15 is 0 Å². The van der Waals surface area contributed by atoms with Crippen LogP contribution in [0.4, 0.5) is 4.79 Å². The summed E-state index contributed by atoms with van der Waals surface area (Å²) >= 11 is 0. The lowest BCUT2D eigenvalue weighted by atomic mass is 10.1. The summed E-state index contributed by atoms with van der Waals surface area (Å²) in [4.78, 5) is 13.8. The van der Waals surface area contributed by atoms with E-state index in [4.69, 9.17) is 14.2 Å². The first-order chi connectivity index (χ1) is 9.35. The van der Waals surface area contributed by atoms with Gasteiger partial charge in [0, 0.05) is 39.9 Å². The molecule has 1 fully saturated rings. The molecule has 1 rings (SSSR count). The van der Waals surface area contributed by atoms with Crippen molar-refractivity contribution in [2.75, 3.05) is 33.9 Å². The van der Waals surface area contributed by atoms with Gasteiger partial charge in [-0.25, -0.2) is 4.79 Å². The van der Waals surface area contributed by atoms with Crippen molar-refractivity contribution in [3.05, 3.63) is 0 Å². The van der Waals surface area contributed by atoms with Crippen molar-refractivity contribution >= 4 is 6.09 Å². The molecule has 1 atom stereocenters. The molecule has 0 aromatic rings. The van der Waals surface area contributed by atoms with Crippen LogP contribution in [0.25, 0.3) is 0 Å². The zero-order valence-electron chi connectivity index (χ0n) is 13.3. The molecule has 1 aliphatic heterocycles. The number of hydrogen-bond donors (Lipinski definition) is 1. The molecule has 0 aromatic carbocycles. The number of likely N-dealkylation sites (tertiary alicyclic amines) is 1. The number of nitrogens with one attached hydrogen (secondary N) is 1. The summed E-state index contributed by atoms with van der Waals surface area (Å²) < 4.78 is 15.7. The third-order valence-corrected chi connectivity index (χ3v) is 3.17. The molecule has 0 bridgehead atoms. The molecule has 0 aliphatic carbocycles. The number of amides is 1. The molecule has 1 heterocycles. The van der Waals surface area contributed by atoms with Crippen molar-refractivity contribution in [3.63, 3.8) is 0 Å². The van der Waals surface area contributed by atoms with Crippen molar-refractivity contribution in [2.24, 2.45) is 0 Å². The highest BCUT2D eigenvalue weighted by atomic mass is 16.7. The van der Waals surface area contributed by atoms with Gasteiger partial charge in [0.25, 0.3) is 0 Å². The van der Waals surface area contributed by atoms with Crippen LogP contribution in [-0.2, 0) is 14.2 Å². The van der Waals surface area contributed by atoms with Crippen LogP contribution in [0.3, 0.4) is 0 Å². The zero-order chi connectivity index (χ0) is 15.2. The molecular weight excluding hydrogens is 260 g/mol. The molecule has 0 radical (unpaired) electrons. The number of carbonyl (C=O) groups is 1. The lowest BCUT2D eigenvalue weighted by Gasteiger charge is -2.34. The molecule has 1 amide bonds. The maximum absolute atomic E-state index is 12.0. The highest BCUT2D eigenvalue weighted by molar-refractivity contribution is 5.68. The number of carbonyl (C=O) groups excluding carboxylic acids is 1. The molecule has 0 saturated carbocycles. The summed E-state index contributed by atoms with van der Waals surface area (Å²) in [6.45, 7) is 7.67. The van der Waals surface area contributed by atoms with Crippen molar-refractivity contribution in [1.82, 2.24) is 10.2 Å². The van der Waals surface area contributed by atoms with E-state index in [1.54, 1.807) is 19.1 Å². The Morgan fingerprint density at radius 1 is 1.35 bits per heavy atom. The second-order valence-corrected chi connectivity index (χ2v) is 6.07. The van der Waals surface area contributed by atoms with Gasteiger partial charge in [-0.05, 0) is 33.6 Å². The van der Waals surface area contributed by atoms with Crippen LogP contribution in [0.1, 0.15) is 33.6 Å². The number of piperidine rings is 1. The Hall–Kier alpha value is -0.850. The van der Waals surface area contributed by atoms with Crippen LogP contribution >= 0.6 is 0 Å². The Labute approximate surface area is 121 Å². The fraction of sp³-hybridized carbons (Fsp3) is 0.929. The standard InChI is InChI=1S/C14H28N2O4/c1-14(2,3)20-13(17)16-8-6-7-11(10-16)15-9-12(18-4)19-5/h11-12,15H,6-10H2,1-5H3. The van der Waals surface area contributed by atoms with Crippen LogP contribution in [0, 0.1) is 0 Å². The van der Waals surface area contributed by atoms with Crippen LogP contribution in [-0.4, -0.2) is 62.8 Å². The molecule has 1 N–H and O–H groups in total. The minimum absolute atomic E-state index is 0.237. The van der Waals surface area contributed by atoms with Crippen molar-refractivity contribution < 1.29 is 19.0 Å². The van der Waals surface area contributed by atoms with Crippen molar-refractivity contribution in [1.29, 1.82) is 0 Å². The van der Waals surface area contributed by atoms with Crippen LogP contribution < -0.4 is 5.32 Å². The van der Waals surface area contributed by atoms with Gasteiger partial charge >= 0.3 is 6.09 Å². The SMILES string of the molecule is COC(CNC1CCCN(C(=O)OC(C)(C)C)C1)OC. The van der Waals surface area contributed by atoms with E-state index in [2.05, 4.69) is 5.32 Å². The number of hydrogen-bond acceptors (Lipinski definition) is 5. The molecule has 0 spiro atoms. The summed E-state index contributed by atoms with van der Waals surface area (Å²) in [5.74, 6) is 0. The third kappa shape index (κ3) is 6.07. The first-order valence-corrected chi connectivity index (χ1v) is 7.12. The van der Waals surface area contributed by atoms with Gasteiger partial charge in [0.1, 0.15) is 5.60 Å². The van der Waals surface area contributed by atoms with Gasteiger partial charge < -0.3 is 24.4 Å². The molecule has 1 aliphatic rings. The molecule has 6 nitrogen and oxygen atoms in total. The van der Waals surface area contributed by atoms with E-state index in [1.807, 2.05) is 20.8 Å². The van der Waals surface area contributed by atoms with E-state index < -0.39 is 5.60 Å². The average Bonchev–Trinajstić information content (AvgIpc) is 2.38. The summed E-state index contributed by atoms with van der Waals surface area (Å²) in [5.41, 5.74) is -0.450. The Morgan fingerprint density at radius 3 is 2.55 bits per heavy atom. The highest BCUT2D eigenvalue weighted by Crippen LogP contribution is 2.15. The Balaban J connectivity index is 2.40. The fourth-order valence-electron chi connectivity index (χ4n) is 2.16. The maximum atomic E-state index is 12.0.